The molecule has 1 aliphatic carbocycles. The maximum Gasteiger partial charge on any atom is 0.122 e. The van der Waals surface area contributed by atoms with Crippen molar-refractivity contribution >= 4 is 0 Å². The lowest BCUT2D eigenvalue weighted by Gasteiger charge is -2.27. The van der Waals surface area contributed by atoms with Crippen molar-refractivity contribution in [3.63, 3.8) is 0 Å². The Balaban J connectivity index is 1.98. The van der Waals surface area contributed by atoms with Crippen molar-refractivity contribution in [3.05, 3.63) is 29.3 Å². The summed E-state index contributed by atoms with van der Waals surface area (Å²) in [4.78, 5) is 0. The summed E-state index contributed by atoms with van der Waals surface area (Å²) in [6.45, 7) is 2.11. The van der Waals surface area contributed by atoms with Crippen LogP contribution in [0.15, 0.2) is 18.2 Å². The van der Waals surface area contributed by atoms with Gasteiger partial charge >= 0.3 is 0 Å². The first-order valence-corrected chi connectivity index (χ1v) is 7.02. The fraction of sp³-hybridized carbons (Fsp3) is 0.625. The molecule has 2 atom stereocenters. The summed E-state index contributed by atoms with van der Waals surface area (Å²) >= 11 is 0. The Morgan fingerprint density at radius 2 is 2.06 bits per heavy atom. The van der Waals surface area contributed by atoms with E-state index in [0.717, 1.165) is 25.0 Å². The van der Waals surface area contributed by atoms with Crippen LogP contribution in [0.2, 0.25) is 0 Å². The molecule has 1 aromatic rings. The fourth-order valence-electron chi connectivity index (χ4n) is 2.97. The van der Waals surface area contributed by atoms with Crippen LogP contribution < -0.4 is 4.74 Å². The number of rotatable bonds is 4. The highest BCUT2D eigenvalue weighted by Crippen LogP contribution is 2.30. The second-order valence-electron chi connectivity index (χ2n) is 5.47. The van der Waals surface area contributed by atoms with E-state index in [1.54, 1.807) is 7.11 Å². The largest absolute Gasteiger partial charge is 0.496 e. The summed E-state index contributed by atoms with van der Waals surface area (Å²) in [6, 6.07) is 6.33. The summed E-state index contributed by atoms with van der Waals surface area (Å²) in [6.07, 6.45) is 6.60. The Hall–Kier alpha value is -1.02. The van der Waals surface area contributed by atoms with Crippen molar-refractivity contribution in [2.45, 2.75) is 51.6 Å². The van der Waals surface area contributed by atoms with E-state index in [4.69, 9.17) is 4.74 Å². The van der Waals surface area contributed by atoms with E-state index in [0.29, 0.717) is 5.92 Å². The van der Waals surface area contributed by atoms with Crippen LogP contribution in [0.1, 0.15) is 43.2 Å². The molecule has 0 spiro atoms. The molecule has 18 heavy (non-hydrogen) atoms. The SMILES string of the molecule is COc1ccc(C)cc1CCC1CCCCC1O. The van der Waals surface area contributed by atoms with E-state index in [1.807, 2.05) is 6.07 Å². The van der Waals surface area contributed by atoms with Gasteiger partial charge in [0.1, 0.15) is 5.75 Å². The zero-order chi connectivity index (χ0) is 13.0. The zero-order valence-corrected chi connectivity index (χ0v) is 11.5. The maximum atomic E-state index is 10.00. The molecule has 1 fully saturated rings. The van der Waals surface area contributed by atoms with Gasteiger partial charge in [0.2, 0.25) is 0 Å². The molecule has 2 heteroatoms. The molecule has 2 nitrogen and oxygen atoms in total. The molecule has 2 rings (SSSR count). The summed E-state index contributed by atoms with van der Waals surface area (Å²) in [5, 5.41) is 10.00. The third-order valence-corrected chi connectivity index (χ3v) is 4.09. The van der Waals surface area contributed by atoms with Crippen LogP contribution in [0.5, 0.6) is 5.75 Å². The summed E-state index contributed by atoms with van der Waals surface area (Å²) < 4.78 is 5.40. The van der Waals surface area contributed by atoms with Crippen LogP contribution >= 0.6 is 0 Å². The van der Waals surface area contributed by atoms with Crippen molar-refractivity contribution in [3.8, 4) is 5.75 Å². The van der Waals surface area contributed by atoms with E-state index in [-0.39, 0.29) is 6.10 Å². The predicted octanol–water partition coefficient (Wildman–Crippen LogP) is 3.49. The number of aliphatic hydroxyl groups excluding tert-OH is 1. The topological polar surface area (TPSA) is 29.5 Å². The summed E-state index contributed by atoms with van der Waals surface area (Å²) in [5.41, 5.74) is 2.55. The molecular weight excluding hydrogens is 224 g/mol. The van der Waals surface area contributed by atoms with Gasteiger partial charge in [0, 0.05) is 0 Å². The maximum absolute atomic E-state index is 10.00. The fourth-order valence-corrected chi connectivity index (χ4v) is 2.97. The first-order chi connectivity index (χ1) is 8.70. The molecule has 1 aromatic carbocycles. The van der Waals surface area contributed by atoms with Crippen molar-refractivity contribution in [2.75, 3.05) is 7.11 Å². The van der Waals surface area contributed by atoms with Gasteiger partial charge in [-0.25, -0.2) is 0 Å². The van der Waals surface area contributed by atoms with Gasteiger partial charge in [-0.2, -0.15) is 0 Å². The molecule has 0 aromatic heterocycles. The molecule has 0 aliphatic heterocycles. The molecule has 100 valence electrons. The number of aryl methyl sites for hydroxylation is 2. The minimum Gasteiger partial charge on any atom is -0.496 e. The average molecular weight is 248 g/mol. The molecule has 1 N–H and O–H groups in total. The molecule has 0 saturated heterocycles. The molecule has 0 amide bonds. The molecular formula is C16H24O2. The van der Waals surface area contributed by atoms with Gasteiger partial charge in [-0.05, 0) is 50.2 Å². The third kappa shape index (κ3) is 3.26. The number of ether oxygens (including phenoxy) is 1. The molecule has 0 radical (unpaired) electrons. The quantitative estimate of drug-likeness (QED) is 0.884. The summed E-state index contributed by atoms with van der Waals surface area (Å²) in [7, 11) is 1.73. The number of hydrogen-bond donors (Lipinski definition) is 1. The van der Waals surface area contributed by atoms with Crippen LogP contribution in [0.4, 0.5) is 0 Å². The average Bonchev–Trinajstić information content (AvgIpc) is 2.38. The normalized spacial score (nSPS) is 23.9. The van der Waals surface area contributed by atoms with E-state index in [2.05, 4.69) is 19.1 Å². The minimum absolute atomic E-state index is 0.0884. The van der Waals surface area contributed by atoms with Crippen molar-refractivity contribution in [1.29, 1.82) is 0 Å². The Morgan fingerprint density at radius 1 is 1.28 bits per heavy atom. The van der Waals surface area contributed by atoms with Crippen molar-refractivity contribution in [1.82, 2.24) is 0 Å². The van der Waals surface area contributed by atoms with Crippen LogP contribution in [0.3, 0.4) is 0 Å². The number of aliphatic hydroxyl groups is 1. The lowest BCUT2D eigenvalue weighted by atomic mass is 9.82. The van der Waals surface area contributed by atoms with Gasteiger partial charge in [-0.15, -0.1) is 0 Å². The lowest BCUT2D eigenvalue weighted by Crippen LogP contribution is -2.24. The standard InChI is InChI=1S/C16H24O2/c1-12-7-10-16(18-2)14(11-12)9-8-13-5-3-4-6-15(13)17/h7,10-11,13,15,17H,3-6,8-9H2,1-2H3. The minimum atomic E-state index is -0.0884. The van der Waals surface area contributed by atoms with E-state index < -0.39 is 0 Å². The Kier molecular flexibility index (Phi) is 4.65. The first-order valence-electron chi connectivity index (χ1n) is 7.02. The van der Waals surface area contributed by atoms with Crippen LogP contribution in [-0.4, -0.2) is 18.3 Å². The molecule has 0 heterocycles. The van der Waals surface area contributed by atoms with Gasteiger partial charge in [0.15, 0.2) is 0 Å². The van der Waals surface area contributed by atoms with Crippen LogP contribution in [0.25, 0.3) is 0 Å². The Labute approximate surface area is 110 Å². The van der Waals surface area contributed by atoms with E-state index in [1.165, 1.54) is 30.4 Å². The van der Waals surface area contributed by atoms with Gasteiger partial charge in [0.25, 0.3) is 0 Å². The Bertz CT molecular complexity index is 387. The predicted molar refractivity (Wildman–Crippen MR) is 74.0 cm³/mol. The molecule has 0 bridgehead atoms. The third-order valence-electron chi connectivity index (χ3n) is 4.09. The lowest BCUT2D eigenvalue weighted by molar-refractivity contribution is 0.0654. The number of benzene rings is 1. The molecule has 2 unspecified atom stereocenters. The van der Waals surface area contributed by atoms with Gasteiger partial charge < -0.3 is 9.84 Å². The second kappa shape index (κ2) is 6.24. The van der Waals surface area contributed by atoms with Crippen LogP contribution in [0, 0.1) is 12.8 Å². The second-order valence-corrected chi connectivity index (χ2v) is 5.47. The van der Waals surface area contributed by atoms with E-state index in [9.17, 15) is 5.11 Å². The van der Waals surface area contributed by atoms with E-state index >= 15 is 0 Å². The molecule has 1 aliphatic rings. The Morgan fingerprint density at radius 3 is 2.78 bits per heavy atom. The number of hydrogen-bond acceptors (Lipinski definition) is 2. The van der Waals surface area contributed by atoms with Gasteiger partial charge in [0.05, 0.1) is 13.2 Å². The smallest absolute Gasteiger partial charge is 0.122 e. The highest BCUT2D eigenvalue weighted by atomic mass is 16.5. The first kappa shape index (κ1) is 13.4. The highest BCUT2D eigenvalue weighted by Gasteiger charge is 2.22. The highest BCUT2D eigenvalue weighted by molar-refractivity contribution is 5.36. The van der Waals surface area contributed by atoms with Crippen LogP contribution in [-0.2, 0) is 6.42 Å². The van der Waals surface area contributed by atoms with Crippen molar-refractivity contribution < 1.29 is 9.84 Å². The number of methoxy groups -OCH3 is 1. The van der Waals surface area contributed by atoms with Gasteiger partial charge in [-0.3, -0.25) is 0 Å². The zero-order valence-electron chi connectivity index (χ0n) is 11.5. The van der Waals surface area contributed by atoms with Gasteiger partial charge in [-0.1, -0.05) is 30.5 Å². The molecule has 1 saturated carbocycles. The monoisotopic (exact) mass is 248 g/mol. The van der Waals surface area contributed by atoms with Crippen molar-refractivity contribution in [2.24, 2.45) is 5.92 Å². The summed E-state index contributed by atoms with van der Waals surface area (Å²) in [5.74, 6) is 1.45.